The molecule has 1 aromatic heterocycles. The van der Waals surface area contributed by atoms with E-state index in [1.807, 2.05) is 35.2 Å². The Labute approximate surface area is 160 Å². The molecule has 3 aromatic rings. The number of fused-ring (bicyclic) bond motifs is 2. The normalized spacial score (nSPS) is 16.9. The molecular weight excluding hydrogens is 334 g/mol. The van der Waals surface area contributed by atoms with Crippen molar-refractivity contribution in [3.63, 3.8) is 0 Å². The molecule has 0 saturated heterocycles. The number of pyridine rings is 1. The van der Waals surface area contributed by atoms with E-state index in [9.17, 15) is 4.79 Å². The molecule has 1 atom stereocenters. The van der Waals surface area contributed by atoms with Crippen LogP contribution in [0.5, 0.6) is 0 Å². The molecule has 2 aromatic carbocycles. The average molecular weight is 359 g/mol. The summed E-state index contributed by atoms with van der Waals surface area (Å²) in [7, 11) is 2.10. The van der Waals surface area contributed by atoms with Gasteiger partial charge in [0.25, 0.3) is 0 Å². The van der Waals surface area contributed by atoms with E-state index >= 15 is 0 Å². The molecule has 1 amide bonds. The number of carbonyl (C=O) groups excluding carboxylic acids is 1. The van der Waals surface area contributed by atoms with E-state index in [1.165, 1.54) is 11.3 Å². The lowest BCUT2D eigenvalue weighted by atomic mass is 10.1. The van der Waals surface area contributed by atoms with Crippen molar-refractivity contribution in [3.8, 4) is 0 Å². The number of para-hydroxylation sites is 2. The predicted octanol–water partition coefficient (Wildman–Crippen LogP) is 4.03. The number of anilines is 1. The number of nitrogens with zero attached hydrogens (tertiary/aromatic N) is 3. The Kier molecular flexibility index (Phi) is 4.80. The van der Waals surface area contributed by atoms with Crippen LogP contribution in [0.3, 0.4) is 0 Å². The van der Waals surface area contributed by atoms with E-state index in [0.29, 0.717) is 19.4 Å². The zero-order chi connectivity index (χ0) is 18.8. The second-order valence-electron chi connectivity index (χ2n) is 7.38. The van der Waals surface area contributed by atoms with E-state index in [0.717, 1.165) is 23.1 Å². The SMILES string of the molecule is CC1CN(C)c2ccccc2CN1C(=O)CCc1ccc2ccccc2n1. The van der Waals surface area contributed by atoms with Crippen LogP contribution in [0.1, 0.15) is 24.6 Å². The molecule has 1 unspecified atom stereocenters. The summed E-state index contributed by atoms with van der Waals surface area (Å²) in [6.07, 6.45) is 1.16. The van der Waals surface area contributed by atoms with Crippen molar-refractivity contribution in [3.05, 3.63) is 71.9 Å². The highest BCUT2D eigenvalue weighted by Crippen LogP contribution is 2.26. The molecule has 1 aliphatic heterocycles. The lowest BCUT2D eigenvalue weighted by Gasteiger charge is -2.28. The first-order valence-electron chi connectivity index (χ1n) is 9.55. The highest BCUT2D eigenvalue weighted by atomic mass is 16.2. The fraction of sp³-hybridized carbons (Fsp3) is 0.304. The van der Waals surface area contributed by atoms with Crippen molar-refractivity contribution in [1.82, 2.24) is 9.88 Å². The summed E-state index contributed by atoms with van der Waals surface area (Å²) in [6.45, 7) is 3.65. The van der Waals surface area contributed by atoms with Crippen molar-refractivity contribution in [2.45, 2.75) is 32.4 Å². The van der Waals surface area contributed by atoms with Gasteiger partial charge in [0.2, 0.25) is 5.91 Å². The average Bonchev–Trinajstić information content (AvgIpc) is 2.82. The molecule has 0 radical (unpaired) electrons. The predicted molar refractivity (Wildman–Crippen MR) is 110 cm³/mol. The van der Waals surface area contributed by atoms with Gasteiger partial charge in [-0.25, -0.2) is 0 Å². The summed E-state index contributed by atoms with van der Waals surface area (Å²) in [4.78, 5) is 22.0. The van der Waals surface area contributed by atoms with E-state index in [4.69, 9.17) is 4.98 Å². The fourth-order valence-electron chi connectivity index (χ4n) is 3.91. The molecule has 1 aliphatic rings. The van der Waals surface area contributed by atoms with Crippen LogP contribution in [0.15, 0.2) is 60.7 Å². The summed E-state index contributed by atoms with van der Waals surface area (Å²) in [5, 5.41) is 1.13. The van der Waals surface area contributed by atoms with E-state index in [2.05, 4.69) is 49.2 Å². The van der Waals surface area contributed by atoms with Crippen LogP contribution in [0.4, 0.5) is 5.69 Å². The van der Waals surface area contributed by atoms with Gasteiger partial charge in [-0.15, -0.1) is 0 Å². The number of aryl methyl sites for hydroxylation is 1. The number of benzene rings is 2. The van der Waals surface area contributed by atoms with Crippen LogP contribution < -0.4 is 4.90 Å². The Bertz CT molecular complexity index is 969. The minimum Gasteiger partial charge on any atom is -0.372 e. The van der Waals surface area contributed by atoms with Gasteiger partial charge in [-0.05, 0) is 37.1 Å². The summed E-state index contributed by atoms with van der Waals surface area (Å²) >= 11 is 0. The van der Waals surface area contributed by atoms with Gasteiger partial charge < -0.3 is 9.80 Å². The topological polar surface area (TPSA) is 36.4 Å². The zero-order valence-corrected chi connectivity index (χ0v) is 15.9. The Morgan fingerprint density at radius 3 is 2.74 bits per heavy atom. The van der Waals surface area contributed by atoms with Gasteiger partial charge in [-0.3, -0.25) is 9.78 Å². The monoisotopic (exact) mass is 359 g/mol. The maximum Gasteiger partial charge on any atom is 0.223 e. The molecule has 0 saturated carbocycles. The zero-order valence-electron chi connectivity index (χ0n) is 15.9. The molecule has 4 nitrogen and oxygen atoms in total. The molecule has 0 spiro atoms. The summed E-state index contributed by atoms with van der Waals surface area (Å²) in [5.41, 5.74) is 4.39. The van der Waals surface area contributed by atoms with Gasteiger partial charge in [0, 0.05) is 49.4 Å². The maximum atomic E-state index is 13.0. The van der Waals surface area contributed by atoms with Crippen LogP contribution in [-0.4, -0.2) is 35.4 Å². The Balaban J connectivity index is 1.48. The lowest BCUT2D eigenvalue weighted by molar-refractivity contribution is -0.133. The second-order valence-corrected chi connectivity index (χ2v) is 7.38. The van der Waals surface area contributed by atoms with Crippen LogP contribution in [0.2, 0.25) is 0 Å². The first-order valence-corrected chi connectivity index (χ1v) is 9.55. The molecule has 27 heavy (non-hydrogen) atoms. The molecule has 0 bridgehead atoms. The maximum absolute atomic E-state index is 13.0. The van der Waals surface area contributed by atoms with Gasteiger partial charge >= 0.3 is 0 Å². The Morgan fingerprint density at radius 1 is 1.07 bits per heavy atom. The highest BCUT2D eigenvalue weighted by Gasteiger charge is 2.26. The fourth-order valence-corrected chi connectivity index (χ4v) is 3.91. The number of aromatic nitrogens is 1. The standard InChI is InChI=1S/C23H25N3O/c1-17-15-25(2)22-10-6-4-8-19(22)16-26(17)23(27)14-13-20-12-11-18-7-3-5-9-21(18)24-20/h3-12,17H,13-16H2,1-2H3. The largest absolute Gasteiger partial charge is 0.372 e. The first-order chi connectivity index (χ1) is 13.1. The van der Waals surface area contributed by atoms with Crippen LogP contribution >= 0.6 is 0 Å². The Morgan fingerprint density at radius 2 is 1.85 bits per heavy atom. The van der Waals surface area contributed by atoms with Crippen molar-refractivity contribution >= 4 is 22.5 Å². The molecule has 4 rings (SSSR count). The molecule has 0 fully saturated rings. The van der Waals surface area contributed by atoms with Gasteiger partial charge in [-0.1, -0.05) is 42.5 Å². The summed E-state index contributed by atoms with van der Waals surface area (Å²) < 4.78 is 0. The number of amides is 1. The Hall–Kier alpha value is -2.88. The summed E-state index contributed by atoms with van der Waals surface area (Å²) in [6, 6.07) is 20.7. The molecule has 0 N–H and O–H groups in total. The minimum absolute atomic E-state index is 0.180. The summed E-state index contributed by atoms with van der Waals surface area (Å²) in [5.74, 6) is 0.197. The number of hydrogen-bond acceptors (Lipinski definition) is 3. The number of likely N-dealkylation sites (N-methyl/N-ethyl adjacent to an activating group) is 1. The van der Waals surface area contributed by atoms with Gasteiger partial charge in [0.05, 0.1) is 5.52 Å². The lowest BCUT2D eigenvalue weighted by Crippen LogP contribution is -2.42. The van der Waals surface area contributed by atoms with Gasteiger partial charge in [0.1, 0.15) is 0 Å². The third kappa shape index (κ3) is 3.65. The number of carbonyl (C=O) groups is 1. The van der Waals surface area contributed by atoms with Crippen molar-refractivity contribution in [2.24, 2.45) is 0 Å². The minimum atomic E-state index is 0.180. The molecular formula is C23H25N3O. The van der Waals surface area contributed by atoms with E-state index in [1.54, 1.807) is 0 Å². The molecule has 2 heterocycles. The smallest absolute Gasteiger partial charge is 0.223 e. The quantitative estimate of drug-likeness (QED) is 0.708. The van der Waals surface area contributed by atoms with Crippen molar-refractivity contribution < 1.29 is 4.79 Å². The van der Waals surface area contributed by atoms with Crippen molar-refractivity contribution in [2.75, 3.05) is 18.5 Å². The van der Waals surface area contributed by atoms with Crippen LogP contribution in [0, 0.1) is 0 Å². The van der Waals surface area contributed by atoms with Crippen molar-refractivity contribution in [1.29, 1.82) is 0 Å². The number of hydrogen-bond donors (Lipinski definition) is 0. The highest BCUT2D eigenvalue weighted by molar-refractivity contribution is 5.79. The van der Waals surface area contributed by atoms with Gasteiger partial charge in [-0.2, -0.15) is 0 Å². The first kappa shape index (κ1) is 17.5. The third-order valence-corrected chi connectivity index (χ3v) is 5.39. The second kappa shape index (κ2) is 7.39. The molecule has 0 aliphatic carbocycles. The number of rotatable bonds is 3. The third-order valence-electron chi connectivity index (χ3n) is 5.39. The van der Waals surface area contributed by atoms with E-state index < -0.39 is 0 Å². The molecule has 4 heteroatoms. The van der Waals surface area contributed by atoms with E-state index in [-0.39, 0.29) is 11.9 Å². The molecule has 138 valence electrons. The van der Waals surface area contributed by atoms with Crippen LogP contribution in [-0.2, 0) is 17.8 Å². The van der Waals surface area contributed by atoms with Crippen LogP contribution in [0.25, 0.3) is 10.9 Å². The van der Waals surface area contributed by atoms with Gasteiger partial charge in [0.15, 0.2) is 0 Å².